The topological polar surface area (TPSA) is 97.5 Å². The minimum Gasteiger partial charge on any atom is -0.0812 e. The molecular weight excluding hydrogens is 288 g/mol. The molecule has 0 amide bonds. The zero-order valence-corrected chi connectivity index (χ0v) is 15.1. The predicted molar refractivity (Wildman–Crippen MR) is 97.0 cm³/mol. The van der Waals surface area contributed by atoms with Crippen LogP contribution in [0.25, 0.3) is 20.9 Å². The van der Waals surface area contributed by atoms with Crippen molar-refractivity contribution >= 4 is 0 Å². The summed E-state index contributed by atoms with van der Waals surface area (Å²) in [5.74, 6) is 0. The van der Waals surface area contributed by atoms with Gasteiger partial charge in [-0.2, -0.15) is 0 Å². The van der Waals surface area contributed by atoms with Crippen LogP contribution in [0.4, 0.5) is 0 Å². The Bertz CT molecular complexity index is 333. The molecule has 0 bridgehead atoms. The molecule has 0 saturated carbocycles. The van der Waals surface area contributed by atoms with Crippen molar-refractivity contribution in [2.24, 2.45) is 10.2 Å². The molecule has 0 aliphatic carbocycles. The normalized spacial score (nSPS) is 10.9. The highest BCUT2D eigenvalue weighted by Gasteiger charge is 2.26. The Hall–Kier alpha value is -1.38. The van der Waals surface area contributed by atoms with Gasteiger partial charge in [-0.3, -0.25) is 0 Å². The fourth-order valence-electron chi connectivity index (χ4n) is 2.89. The first-order valence-corrected chi connectivity index (χ1v) is 9.37. The smallest absolute Gasteiger partial charge is 0.0812 e. The summed E-state index contributed by atoms with van der Waals surface area (Å²) in [7, 11) is 0. The standard InChI is InChI=1S/C17H34N6/c1-3-5-7-9-11-13-15-17(20-22-18,21-23-19)16-14-12-10-8-6-4-2/h3-16H2,1-2H3. The Balaban J connectivity index is 4.29. The molecule has 0 atom stereocenters. The van der Waals surface area contributed by atoms with Crippen LogP contribution in [0.3, 0.4) is 0 Å². The number of hydrogen-bond donors (Lipinski definition) is 0. The lowest BCUT2D eigenvalue weighted by atomic mass is 9.95. The predicted octanol–water partition coefficient (Wildman–Crippen LogP) is 7.80. The van der Waals surface area contributed by atoms with E-state index in [0.29, 0.717) is 12.8 Å². The molecule has 0 fully saturated rings. The summed E-state index contributed by atoms with van der Waals surface area (Å²) < 4.78 is 0. The van der Waals surface area contributed by atoms with E-state index in [1.54, 1.807) is 0 Å². The van der Waals surface area contributed by atoms with Crippen molar-refractivity contribution in [1.29, 1.82) is 0 Å². The fourth-order valence-corrected chi connectivity index (χ4v) is 2.89. The highest BCUT2D eigenvalue weighted by atomic mass is 15.3. The van der Waals surface area contributed by atoms with Crippen LogP contribution < -0.4 is 0 Å². The van der Waals surface area contributed by atoms with Crippen LogP contribution in [-0.4, -0.2) is 5.66 Å². The Kier molecular flexibility index (Phi) is 14.6. The second-order valence-electron chi connectivity index (χ2n) is 6.40. The van der Waals surface area contributed by atoms with E-state index in [0.717, 1.165) is 25.7 Å². The number of nitrogens with zero attached hydrogens (tertiary/aromatic N) is 6. The second-order valence-corrected chi connectivity index (χ2v) is 6.40. The molecule has 0 aliphatic heterocycles. The van der Waals surface area contributed by atoms with Gasteiger partial charge in [-0.25, -0.2) is 0 Å². The van der Waals surface area contributed by atoms with E-state index < -0.39 is 5.66 Å². The Morgan fingerprint density at radius 2 is 0.957 bits per heavy atom. The summed E-state index contributed by atoms with van der Waals surface area (Å²) in [6.45, 7) is 4.41. The van der Waals surface area contributed by atoms with E-state index >= 15 is 0 Å². The highest BCUT2D eigenvalue weighted by Crippen LogP contribution is 2.29. The van der Waals surface area contributed by atoms with Crippen LogP contribution in [0.5, 0.6) is 0 Å². The van der Waals surface area contributed by atoms with Crippen LogP contribution in [-0.2, 0) is 0 Å². The minimum absolute atomic E-state index is 0.669. The van der Waals surface area contributed by atoms with Gasteiger partial charge in [-0.15, -0.1) is 0 Å². The molecule has 0 aliphatic rings. The maximum atomic E-state index is 8.85. The van der Waals surface area contributed by atoms with E-state index in [1.807, 2.05) is 0 Å². The molecule has 0 radical (unpaired) electrons. The lowest BCUT2D eigenvalue weighted by molar-refractivity contribution is 0.344. The highest BCUT2D eigenvalue weighted by molar-refractivity contribution is 4.86. The summed E-state index contributed by atoms with van der Waals surface area (Å²) in [6, 6.07) is 0. The zero-order chi connectivity index (χ0) is 17.2. The first-order valence-electron chi connectivity index (χ1n) is 9.37. The monoisotopic (exact) mass is 322 g/mol. The first-order chi connectivity index (χ1) is 11.2. The number of azide groups is 1. The number of rotatable bonds is 16. The van der Waals surface area contributed by atoms with Crippen molar-refractivity contribution in [3.05, 3.63) is 20.9 Å². The van der Waals surface area contributed by atoms with Gasteiger partial charge in [0.1, 0.15) is 5.66 Å². The molecule has 132 valence electrons. The summed E-state index contributed by atoms with van der Waals surface area (Å²) in [5, 5.41) is 7.75. The van der Waals surface area contributed by atoms with E-state index in [1.165, 1.54) is 51.4 Å². The molecule has 0 aromatic heterocycles. The lowest BCUT2D eigenvalue weighted by Crippen LogP contribution is -2.22. The summed E-state index contributed by atoms with van der Waals surface area (Å²) in [4.78, 5) is 5.89. The Morgan fingerprint density at radius 1 is 0.609 bits per heavy atom. The van der Waals surface area contributed by atoms with Crippen LogP contribution in [0.2, 0.25) is 0 Å². The first kappa shape index (κ1) is 21.6. The quantitative estimate of drug-likeness (QED) is 0.120. The molecule has 0 rings (SSSR count). The van der Waals surface area contributed by atoms with Crippen LogP contribution in [0.15, 0.2) is 10.2 Å². The van der Waals surface area contributed by atoms with Crippen molar-refractivity contribution < 1.29 is 0 Å². The van der Waals surface area contributed by atoms with Crippen LogP contribution in [0.1, 0.15) is 104 Å². The molecular formula is C17H34N6. The lowest BCUT2D eigenvalue weighted by Gasteiger charge is -2.23. The van der Waals surface area contributed by atoms with Crippen LogP contribution in [0, 0.1) is 0 Å². The SMILES string of the molecule is CCCCCCCCC(CCCCCCCC)(N=[N+]=[N-])N=[N+]=[N-]. The van der Waals surface area contributed by atoms with Gasteiger partial charge in [0.25, 0.3) is 0 Å². The average molecular weight is 323 g/mol. The van der Waals surface area contributed by atoms with E-state index in [4.69, 9.17) is 11.1 Å². The largest absolute Gasteiger partial charge is 0.127 e. The minimum atomic E-state index is -0.890. The summed E-state index contributed by atoms with van der Waals surface area (Å²) >= 11 is 0. The maximum absolute atomic E-state index is 8.85. The zero-order valence-electron chi connectivity index (χ0n) is 15.1. The Morgan fingerprint density at radius 3 is 1.30 bits per heavy atom. The molecule has 6 heteroatoms. The average Bonchev–Trinajstić information content (AvgIpc) is 2.54. The summed E-state index contributed by atoms with van der Waals surface area (Å²) in [6.07, 6.45) is 15.4. The van der Waals surface area contributed by atoms with Crippen molar-refractivity contribution in [1.82, 2.24) is 0 Å². The molecule has 0 heterocycles. The van der Waals surface area contributed by atoms with E-state index in [9.17, 15) is 0 Å². The molecule has 6 nitrogen and oxygen atoms in total. The summed E-state index contributed by atoms with van der Waals surface area (Å²) in [5.41, 5.74) is 16.8. The van der Waals surface area contributed by atoms with Gasteiger partial charge < -0.3 is 0 Å². The molecule has 23 heavy (non-hydrogen) atoms. The van der Waals surface area contributed by atoms with Gasteiger partial charge in [-0.05, 0) is 23.9 Å². The van der Waals surface area contributed by atoms with Crippen LogP contribution >= 0.6 is 0 Å². The molecule has 0 N–H and O–H groups in total. The fraction of sp³-hybridized carbons (Fsp3) is 1.00. The maximum Gasteiger partial charge on any atom is 0.127 e. The van der Waals surface area contributed by atoms with E-state index in [2.05, 4.69) is 33.9 Å². The second kappa shape index (κ2) is 15.5. The van der Waals surface area contributed by atoms with Gasteiger partial charge in [0.15, 0.2) is 0 Å². The molecule has 0 aromatic rings. The van der Waals surface area contributed by atoms with Gasteiger partial charge in [-0.1, -0.05) is 101 Å². The molecule has 0 aromatic carbocycles. The third kappa shape index (κ3) is 11.8. The number of unbranched alkanes of at least 4 members (excludes halogenated alkanes) is 10. The van der Waals surface area contributed by atoms with Crippen molar-refractivity contribution in [3.63, 3.8) is 0 Å². The third-order valence-corrected chi connectivity index (χ3v) is 4.32. The van der Waals surface area contributed by atoms with Crippen molar-refractivity contribution in [2.75, 3.05) is 0 Å². The molecule has 0 saturated heterocycles. The third-order valence-electron chi connectivity index (χ3n) is 4.32. The molecule has 0 unspecified atom stereocenters. The van der Waals surface area contributed by atoms with Crippen molar-refractivity contribution in [3.8, 4) is 0 Å². The van der Waals surface area contributed by atoms with Gasteiger partial charge >= 0.3 is 0 Å². The Labute approximate surface area is 141 Å². The number of hydrogen-bond acceptors (Lipinski definition) is 2. The van der Waals surface area contributed by atoms with Gasteiger partial charge in [0, 0.05) is 9.82 Å². The van der Waals surface area contributed by atoms with Gasteiger partial charge in [0.05, 0.1) is 0 Å². The van der Waals surface area contributed by atoms with Crippen molar-refractivity contribution in [2.45, 2.75) is 109 Å². The molecule has 0 spiro atoms. The van der Waals surface area contributed by atoms with Gasteiger partial charge in [0.2, 0.25) is 0 Å². The van der Waals surface area contributed by atoms with E-state index in [-0.39, 0.29) is 0 Å².